The molecule has 8 nitrogen and oxygen atoms in total. The van der Waals surface area contributed by atoms with Crippen LogP contribution in [0, 0.1) is 0 Å². The van der Waals surface area contributed by atoms with E-state index in [9.17, 15) is 9.59 Å². The van der Waals surface area contributed by atoms with E-state index >= 15 is 0 Å². The number of nitrogens with one attached hydrogen (secondary N) is 3. The molecule has 0 fully saturated rings. The monoisotopic (exact) mass is 493 g/mol. The highest BCUT2D eigenvalue weighted by molar-refractivity contribution is 7.12. The number of fused-ring (bicyclic) bond motifs is 1. The Morgan fingerprint density at radius 3 is 2.40 bits per heavy atom. The van der Waals surface area contributed by atoms with Crippen molar-refractivity contribution in [2.45, 2.75) is 19.0 Å². The third kappa shape index (κ3) is 5.41. The van der Waals surface area contributed by atoms with E-state index in [1.165, 1.54) is 11.3 Å². The fraction of sp³-hybridized carbons (Fsp3) is 0.231. The standard InChI is InChI=1S/C26H27N3O5S/c1-32-21-13-23(34-3)22(33-2)12-17(21)15-28-25(30)20(29-26(31)24-9-6-10-35-24)11-16-14-27-19-8-5-4-7-18(16)19/h4-10,12-14,20,27H,11,15H2,1-3H3,(H,28,30)(H,29,31)/t20-/m0/s1. The minimum absolute atomic E-state index is 0.182. The maximum Gasteiger partial charge on any atom is 0.262 e. The predicted molar refractivity (Wildman–Crippen MR) is 136 cm³/mol. The average Bonchev–Trinajstić information content (AvgIpc) is 3.57. The van der Waals surface area contributed by atoms with E-state index < -0.39 is 6.04 Å². The molecule has 2 aromatic carbocycles. The Balaban J connectivity index is 1.56. The first-order valence-electron chi connectivity index (χ1n) is 11.0. The molecule has 0 saturated heterocycles. The first-order valence-corrected chi connectivity index (χ1v) is 11.9. The number of methoxy groups -OCH3 is 3. The number of ether oxygens (including phenoxy) is 3. The number of carbonyl (C=O) groups is 2. The fourth-order valence-electron chi connectivity index (χ4n) is 3.90. The second kappa shape index (κ2) is 11.0. The first-order chi connectivity index (χ1) is 17.0. The van der Waals surface area contributed by atoms with Gasteiger partial charge in [0.15, 0.2) is 11.5 Å². The Bertz CT molecular complexity index is 1320. The van der Waals surface area contributed by atoms with Gasteiger partial charge in [-0.25, -0.2) is 0 Å². The van der Waals surface area contributed by atoms with Crippen molar-refractivity contribution in [3.63, 3.8) is 0 Å². The zero-order valence-electron chi connectivity index (χ0n) is 19.7. The molecule has 0 saturated carbocycles. The molecule has 2 amide bonds. The van der Waals surface area contributed by atoms with Crippen molar-refractivity contribution in [1.82, 2.24) is 15.6 Å². The van der Waals surface area contributed by atoms with Gasteiger partial charge < -0.3 is 29.8 Å². The van der Waals surface area contributed by atoms with Crippen molar-refractivity contribution < 1.29 is 23.8 Å². The Kier molecular flexibility index (Phi) is 7.57. The number of hydrogen-bond donors (Lipinski definition) is 3. The van der Waals surface area contributed by atoms with Crippen LogP contribution in [0.5, 0.6) is 17.2 Å². The lowest BCUT2D eigenvalue weighted by atomic mass is 10.0. The van der Waals surface area contributed by atoms with Crippen LogP contribution in [0.4, 0.5) is 0 Å². The Hall–Kier alpha value is -3.98. The molecule has 1 atom stereocenters. The zero-order chi connectivity index (χ0) is 24.8. The minimum atomic E-state index is -0.782. The number of H-pyrrole nitrogens is 1. The summed E-state index contributed by atoms with van der Waals surface area (Å²) in [5.74, 6) is 1.01. The number of thiophene rings is 1. The molecule has 2 heterocycles. The van der Waals surface area contributed by atoms with E-state index in [0.717, 1.165) is 16.5 Å². The van der Waals surface area contributed by atoms with Crippen LogP contribution in [0.2, 0.25) is 0 Å². The molecule has 0 spiro atoms. The molecule has 0 aliphatic rings. The number of aromatic nitrogens is 1. The first kappa shape index (κ1) is 24.2. The van der Waals surface area contributed by atoms with Gasteiger partial charge in [-0.2, -0.15) is 0 Å². The molecule has 0 radical (unpaired) electrons. The number of para-hydroxylation sites is 1. The fourth-order valence-corrected chi connectivity index (χ4v) is 4.53. The minimum Gasteiger partial charge on any atom is -0.496 e. The van der Waals surface area contributed by atoms with Crippen molar-refractivity contribution >= 4 is 34.1 Å². The van der Waals surface area contributed by atoms with Crippen LogP contribution in [0.15, 0.2) is 60.1 Å². The predicted octanol–water partition coefficient (Wildman–Crippen LogP) is 3.91. The number of amides is 2. The van der Waals surface area contributed by atoms with Gasteiger partial charge in [0.05, 0.1) is 26.2 Å². The molecular formula is C26H27N3O5S. The quantitative estimate of drug-likeness (QED) is 0.311. The molecule has 4 rings (SSSR count). The van der Waals surface area contributed by atoms with Crippen LogP contribution < -0.4 is 24.8 Å². The van der Waals surface area contributed by atoms with Crippen molar-refractivity contribution in [2.75, 3.05) is 21.3 Å². The zero-order valence-corrected chi connectivity index (χ0v) is 20.5. The van der Waals surface area contributed by atoms with Crippen molar-refractivity contribution in [3.05, 3.63) is 76.1 Å². The van der Waals surface area contributed by atoms with E-state index in [4.69, 9.17) is 14.2 Å². The Morgan fingerprint density at radius 2 is 1.69 bits per heavy atom. The number of carbonyl (C=O) groups excluding carboxylic acids is 2. The third-order valence-electron chi connectivity index (χ3n) is 5.71. The highest BCUT2D eigenvalue weighted by Gasteiger charge is 2.24. The second-order valence-electron chi connectivity index (χ2n) is 7.80. The molecular weight excluding hydrogens is 466 g/mol. The summed E-state index contributed by atoms with van der Waals surface area (Å²) < 4.78 is 16.2. The van der Waals surface area contributed by atoms with E-state index in [0.29, 0.717) is 34.1 Å². The van der Waals surface area contributed by atoms with Crippen LogP contribution in [0.25, 0.3) is 10.9 Å². The van der Waals surface area contributed by atoms with Gasteiger partial charge in [-0.3, -0.25) is 9.59 Å². The summed E-state index contributed by atoms with van der Waals surface area (Å²) in [5.41, 5.74) is 2.63. The SMILES string of the molecule is COc1cc(OC)c(OC)cc1CNC(=O)[C@H](Cc1c[nH]c2ccccc12)NC(=O)c1cccs1. The van der Waals surface area contributed by atoms with Crippen LogP contribution in [-0.4, -0.2) is 44.2 Å². The smallest absolute Gasteiger partial charge is 0.262 e. The highest BCUT2D eigenvalue weighted by atomic mass is 32.1. The summed E-state index contributed by atoms with van der Waals surface area (Å²) in [4.78, 5) is 29.9. The summed E-state index contributed by atoms with van der Waals surface area (Å²) in [7, 11) is 4.64. The lowest BCUT2D eigenvalue weighted by molar-refractivity contribution is -0.123. The van der Waals surface area contributed by atoms with Gasteiger partial charge in [0, 0.05) is 41.7 Å². The highest BCUT2D eigenvalue weighted by Crippen LogP contribution is 2.34. The summed E-state index contributed by atoms with van der Waals surface area (Å²) in [6.07, 6.45) is 2.20. The molecule has 0 aliphatic heterocycles. The van der Waals surface area contributed by atoms with E-state index in [2.05, 4.69) is 15.6 Å². The lowest BCUT2D eigenvalue weighted by Crippen LogP contribution is -2.47. The summed E-state index contributed by atoms with van der Waals surface area (Å²) in [6.45, 7) is 0.182. The van der Waals surface area contributed by atoms with Gasteiger partial charge in [-0.1, -0.05) is 24.3 Å². The van der Waals surface area contributed by atoms with Crippen molar-refractivity contribution in [1.29, 1.82) is 0 Å². The molecule has 2 aromatic heterocycles. The second-order valence-corrected chi connectivity index (χ2v) is 8.75. The van der Waals surface area contributed by atoms with Gasteiger partial charge in [0.2, 0.25) is 5.91 Å². The molecule has 9 heteroatoms. The molecule has 0 unspecified atom stereocenters. The maximum absolute atomic E-state index is 13.3. The molecule has 3 N–H and O–H groups in total. The summed E-state index contributed by atoms with van der Waals surface area (Å²) >= 11 is 1.33. The number of hydrogen-bond acceptors (Lipinski definition) is 6. The number of benzene rings is 2. The van der Waals surface area contributed by atoms with Gasteiger partial charge in [0.1, 0.15) is 11.8 Å². The molecule has 0 aliphatic carbocycles. The third-order valence-corrected chi connectivity index (χ3v) is 6.57. The molecule has 0 bridgehead atoms. The van der Waals surface area contributed by atoms with Gasteiger partial charge in [-0.05, 0) is 29.1 Å². The molecule has 35 heavy (non-hydrogen) atoms. The Morgan fingerprint density at radius 1 is 0.943 bits per heavy atom. The van der Waals surface area contributed by atoms with Crippen LogP contribution in [0.1, 0.15) is 20.8 Å². The largest absolute Gasteiger partial charge is 0.496 e. The summed E-state index contributed by atoms with van der Waals surface area (Å²) in [5, 5.41) is 8.67. The maximum atomic E-state index is 13.3. The van der Waals surface area contributed by atoms with Crippen molar-refractivity contribution in [3.8, 4) is 17.2 Å². The lowest BCUT2D eigenvalue weighted by Gasteiger charge is -2.19. The van der Waals surface area contributed by atoms with Crippen LogP contribution in [-0.2, 0) is 17.8 Å². The van der Waals surface area contributed by atoms with Gasteiger partial charge in [-0.15, -0.1) is 11.3 Å². The van der Waals surface area contributed by atoms with Crippen LogP contribution >= 0.6 is 11.3 Å². The van der Waals surface area contributed by atoms with Gasteiger partial charge in [0.25, 0.3) is 5.91 Å². The van der Waals surface area contributed by atoms with E-state index in [1.807, 2.05) is 35.8 Å². The van der Waals surface area contributed by atoms with E-state index in [-0.39, 0.29) is 18.4 Å². The number of rotatable bonds is 10. The van der Waals surface area contributed by atoms with Crippen molar-refractivity contribution in [2.24, 2.45) is 0 Å². The van der Waals surface area contributed by atoms with Gasteiger partial charge >= 0.3 is 0 Å². The topological polar surface area (TPSA) is 102 Å². The van der Waals surface area contributed by atoms with E-state index in [1.54, 1.807) is 45.6 Å². The molecule has 4 aromatic rings. The Labute approximate surface area is 207 Å². The normalized spacial score (nSPS) is 11.6. The summed E-state index contributed by atoms with van der Waals surface area (Å²) in [6, 6.07) is 14.1. The number of aromatic amines is 1. The average molecular weight is 494 g/mol. The van der Waals surface area contributed by atoms with Crippen LogP contribution in [0.3, 0.4) is 0 Å². The molecule has 182 valence electrons.